The minimum atomic E-state index is -1.63. The van der Waals surface area contributed by atoms with Crippen molar-refractivity contribution in [2.75, 3.05) is 19.8 Å². The molecule has 1 saturated heterocycles. The first kappa shape index (κ1) is 13.9. The number of rotatable bonds is 4. The molecule has 17 heavy (non-hydrogen) atoms. The highest BCUT2D eigenvalue weighted by molar-refractivity contribution is 5.79. The Hall–Kier alpha value is -1.18. The van der Waals surface area contributed by atoms with Crippen LogP contribution in [0.4, 0.5) is 0 Å². The summed E-state index contributed by atoms with van der Waals surface area (Å²) in [5.74, 6) is -2.41. The average molecular weight is 247 g/mol. The molecule has 0 saturated carbocycles. The second kappa shape index (κ2) is 5.44. The number of carbonyl (C=O) groups is 2. The van der Waals surface area contributed by atoms with Crippen molar-refractivity contribution < 1.29 is 29.3 Å². The Labute approximate surface area is 98.9 Å². The van der Waals surface area contributed by atoms with Crippen molar-refractivity contribution >= 4 is 11.9 Å². The van der Waals surface area contributed by atoms with E-state index in [1.165, 1.54) is 4.90 Å². The highest BCUT2D eigenvalue weighted by Crippen LogP contribution is 2.27. The molecule has 7 nitrogen and oxygen atoms in total. The molecule has 1 aliphatic heterocycles. The molecule has 0 aromatic rings. The molecule has 0 aromatic heterocycles. The van der Waals surface area contributed by atoms with Crippen molar-refractivity contribution in [3.63, 3.8) is 0 Å². The zero-order valence-electron chi connectivity index (χ0n) is 9.88. The molecule has 0 amide bonds. The van der Waals surface area contributed by atoms with E-state index < -0.39 is 23.9 Å². The second-order valence-corrected chi connectivity index (χ2v) is 3.64. The van der Waals surface area contributed by atoms with Gasteiger partial charge in [-0.2, -0.15) is 0 Å². The number of nitrogens with zero attached hydrogens (tertiary/aromatic N) is 1. The van der Waals surface area contributed by atoms with Crippen LogP contribution in [0.3, 0.4) is 0 Å². The molecule has 1 fully saturated rings. The number of carboxylic acid groups (broad SMARTS) is 2. The van der Waals surface area contributed by atoms with Crippen LogP contribution in [0.1, 0.15) is 20.3 Å². The van der Waals surface area contributed by atoms with Crippen molar-refractivity contribution in [1.29, 1.82) is 0 Å². The molecule has 1 rings (SSSR count). The number of ether oxygens (including phenoxy) is 2. The Morgan fingerprint density at radius 3 is 2.41 bits per heavy atom. The minimum Gasteiger partial charge on any atom is -0.478 e. The van der Waals surface area contributed by atoms with Crippen LogP contribution >= 0.6 is 0 Å². The summed E-state index contributed by atoms with van der Waals surface area (Å²) in [6.07, 6.45) is -1.15. The quantitative estimate of drug-likeness (QED) is 0.719. The third-order valence-corrected chi connectivity index (χ3v) is 2.81. The van der Waals surface area contributed by atoms with Gasteiger partial charge in [0, 0.05) is 6.54 Å². The standard InChI is InChI=1S/C10H17NO6/c1-3-10(9(14)15)11(4-2)7(8(12)13)16-5-6-17-10/h7H,3-6H2,1-2H3,(H,12,13)(H,14,15). The van der Waals surface area contributed by atoms with E-state index in [-0.39, 0.29) is 26.2 Å². The summed E-state index contributed by atoms with van der Waals surface area (Å²) in [6, 6.07) is 0. The van der Waals surface area contributed by atoms with Gasteiger partial charge in [-0.25, -0.2) is 14.5 Å². The number of aliphatic carboxylic acids is 2. The summed E-state index contributed by atoms with van der Waals surface area (Å²) in [5, 5.41) is 18.4. The van der Waals surface area contributed by atoms with E-state index in [1.807, 2.05) is 0 Å². The van der Waals surface area contributed by atoms with Crippen LogP contribution in [0.5, 0.6) is 0 Å². The summed E-state index contributed by atoms with van der Waals surface area (Å²) >= 11 is 0. The highest BCUT2D eigenvalue weighted by Gasteiger charge is 2.50. The number of hydrogen-bond donors (Lipinski definition) is 2. The molecule has 0 aromatic carbocycles. The Morgan fingerprint density at radius 2 is 2.00 bits per heavy atom. The van der Waals surface area contributed by atoms with Crippen molar-refractivity contribution in [3.8, 4) is 0 Å². The Balaban J connectivity index is 3.15. The van der Waals surface area contributed by atoms with Gasteiger partial charge in [0.25, 0.3) is 0 Å². The van der Waals surface area contributed by atoms with Crippen molar-refractivity contribution in [2.24, 2.45) is 0 Å². The maximum absolute atomic E-state index is 11.4. The topological polar surface area (TPSA) is 96.3 Å². The van der Waals surface area contributed by atoms with Gasteiger partial charge in [-0.05, 0) is 6.42 Å². The summed E-state index contributed by atoms with van der Waals surface area (Å²) in [6.45, 7) is 3.63. The lowest BCUT2D eigenvalue weighted by atomic mass is 10.1. The van der Waals surface area contributed by atoms with E-state index in [4.69, 9.17) is 14.6 Å². The van der Waals surface area contributed by atoms with Crippen molar-refractivity contribution in [1.82, 2.24) is 4.90 Å². The minimum absolute atomic E-state index is 0.0560. The Bertz CT molecular complexity index is 307. The van der Waals surface area contributed by atoms with Gasteiger partial charge in [-0.3, -0.25) is 0 Å². The van der Waals surface area contributed by atoms with Crippen LogP contribution in [0, 0.1) is 0 Å². The first-order chi connectivity index (χ1) is 7.99. The van der Waals surface area contributed by atoms with Gasteiger partial charge in [0.05, 0.1) is 13.2 Å². The van der Waals surface area contributed by atoms with Crippen LogP contribution in [0.25, 0.3) is 0 Å². The van der Waals surface area contributed by atoms with Gasteiger partial charge in [-0.1, -0.05) is 13.8 Å². The predicted molar refractivity (Wildman–Crippen MR) is 56.4 cm³/mol. The lowest BCUT2D eigenvalue weighted by Crippen LogP contribution is -2.60. The van der Waals surface area contributed by atoms with Crippen molar-refractivity contribution in [2.45, 2.75) is 32.2 Å². The molecule has 0 radical (unpaired) electrons. The van der Waals surface area contributed by atoms with E-state index in [0.29, 0.717) is 0 Å². The number of hydrogen-bond acceptors (Lipinski definition) is 5. The van der Waals surface area contributed by atoms with Gasteiger partial charge in [0.15, 0.2) is 0 Å². The van der Waals surface area contributed by atoms with Crippen LogP contribution in [0.2, 0.25) is 0 Å². The number of carboxylic acids is 2. The van der Waals surface area contributed by atoms with Gasteiger partial charge >= 0.3 is 11.9 Å². The van der Waals surface area contributed by atoms with Gasteiger partial charge in [0.1, 0.15) is 0 Å². The van der Waals surface area contributed by atoms with Crippen molar-refractivity contribution in [3.05, 3.63) is 0 Å². The molecular weight excluding hydrogens is 230 g/mol. The largest absolute Gasteiger partial charge is 0.478 e. The molecule has 98 valence electrons. The molecule has 0 spiro atoms. The van der Waals surface area contributed by atoms with Gasteiger partial charge < -0.3 is 19.7 Å². The third-order valence-electron chi connectivity index (χ3n) is 2.81. The summed E-state index contributed by atoms with van der Waals surface area (Å²) in [4.78, 5) is 23.7. The number of likely N-dealkylation sites (N-methyl/N-ethyl adjacent to an activating group) is 1. The molecule has 0 aliphatic carbocycles. The van der Waals surface area contributed by atoms with Gasteiger partial charge in [0.2, 0.25) is 12.0 Å². The van der Waals surface area contributed by atoms with E-state index >= 15 is 0 Å². The van der Waals surface area contributed by atoms with Crippen LogP contribution in [-0.2, 0) is 19.1 Å². The highest BCUT2D eigenvalue weighted by atomic mass is 16.6. The molecule has 2 N–H and O–H groups in total. The van der Waals surface area contributed by atoms with Crippen LogP contribution < -0.4 is 0 Å². The third kappa shape index (κ3) is 2.41. The van der Waals surface area contributed by atoms with E-state index in [1.54, 1.807) is 13.8 Å². The molecule has 2 atom stereocenters. The first-order valence-corrected chi connectivity index (χ1v) is 5.48. The van der Waals surface area contributed by atoms with E-state index in [9.17, 15) is 14.7 Å². The lowest BCUT2D eigenvalue weighted by Gasteiger charge is -2.39. The Kier molecular flexibility index (Phi) is 4.44. The molecule has 2 unspecified atom stereocenters. The van der Waals surface area contributed by atoms with Crippen LogP contribution in [-0.4, -0.2) is 58.8 Å². The van der Waals surface area contributed by atoms with Crippen LogP contribution in [0.15, 0.2) is 0 Å². The SMILES string of the molecule is CCN1C(C(=O)O)OCCOC1(CC)C(=O)O. The maximum atomic E-state index is 11.4. The fourth-order valence-electron chi connectivity index (χ4n) is 2.00. The maximum Gasteiger partial charge on any atom is 0.351 e. The molecule has 7 heteroatoms. The first-order valence-electron chi connectivity index (χ1n) is 5.48. The second-order valence-electron chi connectivity index (χ2n) is 3.64. The lowest BCUT2D eigenvalue weighted by molar-refractivity contribution is -0.212. The zero-order valence-corrected chi connectivity index (χ0v) is 9.88. The molecular formula is C10H17NO6. The Morgan fingerprint density at radius 1 is 1.35 bits per heavy atom. The predicted octanol–water partition coefficient (Wildman–Crippen LogP) is -0.0433. The zero-order chi connectivity index (χ0) is 13.1. The van der Waals surface area contributed by atoms with Gasteiger partial charge in [-0.15, -0.1) is 0 Å². The van der Waals surface area contributed by atoms with E-state index in [0.717, 1.165) is 0 Å². The normalized spacial score (nSPS) is 30.8. The average Bonchev–Trinajstić information content (AvgIpc) is 2.47. The molecule has 1 heterocycles. The molecule has 0 bridgehead atoms. The summed E-state index contributed by atoms with van der Waals surface area (Å²) < 4.78 is 10.4. The summed E-state index contributed by atoms with van der Waals surface area (Å²) in [5.41, 5.74) is -1.63. The summed E-state index contributed by atoms with van der Waals surface area (Å²) in [7, 11) is 0. The molecule has 1 aliphatic rings. The fraction of sp³-hybridized carbons (Fsp3) is 0.800. The monoisotopic (exact) mass is 247 g/mol. The fourth-order valence-corrected chi connectivity index (χ4v) is 2.00. The van der Waals surface area contributed by atoms with E-state index in [2.05, 4.69) is 0 Å². The smallest absolute Gasteiger partial charge is 0.351 e.